The number of carbonyl (C=O) groups is 1. The maximum absolute atomic E-state index is 10.6. The van der Waals surface area contributed by atoms with Gasteiger partial charge in [0.05, 0.1) is 5.02 Å². The van der Waals surface area contributed by atoms with Crippen molar-refractivity contribution in [2.45, 2.75) is 13.3 Å². The highest BCUT2D eigenvalue weighted by Crippen LogP contribution is 2.20. The van der Waals surface area contributed by atoms with E-state index in [0.29, 0.717) is 23.6 Å². The van der Waals surface area contributed by atoms with Crippen molar-refractivity contribution in [3.05, 3.63) is 28.8 Å². The Hall–Kier alpha value is -1.66. The number of hydrogen-bond donors (Lipinski definition) is 2. The molecule has 0 atom stereocenters. The summed E-state index contributed by atoms with van der Waals surface area (Å²) < 4.78 is 0. The first kappa shape index (κ1) is 12.4. The van der Waals surface area contributed by atoms with E-state index in [1.807, 2.05) is 0 Å². The summed E-state index contributed by atoms with van der Waals surface area (Å²) in [6.07, 6.45) is 0.566. The molecular formula is C12H12ClNO2. The van der Waals surface area contributed by atoms with E-state index >= 15 is 0 Å². The number of phenolic OH excluding ortho intramolecular Hbond substituents is 1. The van der Waals surface area contributed by atoms with Gasteiger partial charge in [0.1, 0.15) is 5.75 Å². The lowest BCUT2D eigenvalue weighted by atomic mass is 10.2. The average Bonchev–Trinajstić information content (AvgIpc) is 2.20. The highest BCUT2D eigenvalue weighted by atomic mass is 35.5. The Morgan fingerprint density at radius 2 is 2.31 bits per heavy atom. The van der Waals surface area contributed by atoms with Gasteiger partial charge in [0.15, 0.2) is 0 Å². The van der Waals surface area contributed by atoms with Gasteiger partial charge in [-0.2, -0.15) is 0 Å². The lowest BCUT2D eigenvalue weighted by molar-refractivity contribution is -0.118. The lowest BCUT2D eigenvalue weighted by Crippen LogP contribution is -2.20. The summed E-state index contributed by atoms with van der Waals surface area (Å²) in [5.41, 5.74) is 0.669. The number of phenols is 1. The molecule has 0 saturated carbocycles. The monoisotopic (exact) mass is 237 g/mol. The van der Waals surface area contributed by atoms with Gasteiger partial charge in [-0.25, -0.2) is 0 Å². The number of amides is 1. The standard InChI is InChI=1S/C12H12ClNO2/c1-9(15)14-7-3-2-4-10-5-6-11(16)8-12(10)13/h5-6,8,16H,3,7H2,1H3,(H,14,15). The average molecular weight is 238 g/mol. The molecule has 3 nitrogen and oxygen atoms in total. The SMILES string of the molecule is CC(=O)NCCC#Cc1ccc(O)cc1Cl. The number of nitrogens with one attached hydrogen (secondary N) is 1. The molecular weight excluding hydrogens is 226 g/mol. The van der Waals surface area contributed by atoms with Gasteiger partial charge in [0, 0.05) is 25.5 Å². The highest BCUT2D eigenvalue weighted by molar-refractivity contribution is 6.31. The van der Waals surface area contributed by atoms with Gasteiger partial charge < -0.3 is 10.4 Å². The molecule has 0 heterocycles. The van der Waals surface area contributed by atoms with Crippen LogP contribution in [0.4, 0.5) is 0 Å². The number of aromatic hydroxyl groups is 1. The third-order valence-corrected chi connectivity index (χ3v) is 2.11. The van der Waals surface area contributed by atoms with Crippen molar-refractivity contribution in [1.82, 2.24) is 5.32 Å². The molecule has 0 aliphatic rings. The zero-order chi connectivity index (χ0) is 12.0. The van der Waals surface area contributed by atoms with E-state index in [0.717, 1.165) is 0 Å². The van der Waals surface area contributed by atoms with Crippen LogP contribution in [0.3, 0.4) is 0 Å². The molecule has 0 fully saturated rings. The molecule has 2 N–H and O–H groups in total. The number of hydrogen-bond acceptors (Lipinski definition) is 2. The summed E-state index contributed by atoms with van der Waals surface area (Å²) in [6, 6.07) is 4.63. The molecule has 16 heavy (non-hydrogen) atoms. The van der Waals surface area contributed by atoms with Crippen LogP contribution in [0, 0.1) is 11.8 Å². The van der Waals surface area contributed by atoms with E-state index in [4.69, 9.17) is 16.7 Å². The van der Waals surface area contributed by atoms with Gasteiger partial charge in [-0.05, 0) is 18.2 Å². The Morgan fingerprint density at radius 1 is 1.56 bits per heavy atom. The largest absolute Gasteiger partial charge is 0.508 e. The minimum atomic E-state index is -0.0653. The van der Waals surface area contributed by atoms with Crippen molar-refractivity contribution in [3.63, 3.8) is 0 Å². The maximum atomic E-state index is 10.6. The van der Waals surface area contributed by atoms with E-state index in [9.17, 15) is 4.79 Å². The van der Waals surface area contributed by atoms with Gasteiger partial charge in [-0.1, -0.05) is 23.4 Å². The van der Waals surface area contributed by atoms with Crippen molar-refractivity contribution in [1.29, 1.82) is 0 Å². The molecule has 0 bridgehead atoms. The van der Waals surface area contributed by atoms with Crippen molar-refractivity contribution in [2.75, 3.05) is 6.54 Å². The van der Waals surface area contributed by atoms with E-state index in [-0.39, 0.29) is 11.7 Å². The van der Waals surface area contributed by atoms with Crippen LogP contribution in [0.2, 0.25) is 5.02 Å². The number of halogens is 1. The fourth-order valence-electron chi connectivity index (χ4n) is 1.06. The maximum Gasteiger partial charge on any atom is 0.216 e. The van der Waals surface area contributed by atoms with E-state index in [1.54, 1.807) is 6.07 Å². The second-order valence-corrected chi connectivity index (χ2v) is 3.61. The summed E-state index contributed by atoms with van der Waals surface area (Å²) in [7, 11) is 0. The summed E-state index contributed by atoms with van der Waals surface area (Å²) in [4.78, 5) is 10.6. The Kier molecular flexibility index (Phi) is 4.68. The van der Waals surface area contributed by atoms with Crippen molar-refractivity contribution >= 4 is 17.5 Å². The fourth-order valence-corrected chi connectivity index (χ4v) is 1.29. The van der Waals surface area contributed by atoms with Crippen LogP contribution in [-0.2, 0) is 4.79 Å². The first-order valence-electron chi connectivity index (χ1n) is 4.81. The third-order valence-electron chi connectivity index (χ3n) is 1.80. The molecule has 1 amide bonds. The molecule has 4 heteroatoms. The molecule has 1 aromatic carbocycles. The van der Waals surface area contributed by atoms with Crippen LogP contribution in [0.1, 0.15) is 18.9 Å². The van der Waals surface area contributed by atoms with Crippen LogP contribution in [0.15, 0.2) is 18.2 Å². The summed E-state index contributed by atoms with van der Waals surface area (Å²) >= 11 is 5.86. The van der Waals surface area contributed by atoms with Crippen LogP contribution < -0.4 is 5.32 Å². The topological polar surface area (TPSA) is 49.3 Å². The van der Waals surface area contributed by atoms with Crippen LogP contribution in [0.25, 0.3) is 0 Å². The van der Waals surface area contributed by atoms with Gasteiger partial charge in [0.25, 0.3) is 0 Å². The molecule has 0 unspecified atom stereocenters. The molecule has 1 aromatic rings. The Balaban J connectivity index is 2.53. The summed E-state index contributed by atoms with van der Waals surface area (Å²) in [5, 5.41) is 12.2. The normalized spacial score (nSPS) is 9.12. The van der Waals surface area contributed by atoms with Gasteiger partial charge >= 0.3 is 0 Å². The second-order valence-electron chi connectivity index (χ2n) is 3.20. The molecule has 0 aromatic heterocycles. The van der Waals surface area contributed by atoms with Crippen molar-refractivity contribution in [3.8, 4) is 17.6 Å². The molecule has 0 aliphatic carbocycles. The smallest absolute Gasteiger partial charge is 0.216 e. The second kappa shape index (κ2) is 6.04. The zero-order valence-electron chi connectivity index (χ0n) is 8.88. The van der Waals surface area contributed by atoms with E-state index in [2.05, 4.69) is 17.2 Å². The number of carbonyl (C=O) groups excluding carboxylic acids is 1. The molecule has 0 radical (unpaired) electrons. The van der Waals surface area contributed by atoms with Gasteiger partial charge in [-0.15, -0.1) is 0 Å². The lowest BCUT2D eigenvalue weighted by Gasteiger charge is -1.97. The molecule has 0 aliphatic heterocycles. The molecule has 0 spiro atoms. The van der Waals surface area contributed by atoms with Crippen molar-refractivity contribution < 1.29 is 9.90 Å². The van der Waals surface area contributed by atoms with Crippen LogP contribution in [-0.4, -0.2) is 17.6 Å². The predicted molar refractivity (Wildman–Crippen MR) is 63.3 cm³/mol. The minimum Gasteiger partial charge on any atom is -0.508 e. The predicted octanol–water partition coefficient (Wildman–Crippen LogP) is 1.92. The van der Waals surface area contributed by atoms with Crippen molar-refractivity contribution in [2.24, 2.45) is 0 Å². The molecule has 0 saturated heterocycles. The van der Waals surface area contributed by atoms with Crippen LogP contribution >= 0.6 is 11.6 Å². The zero-order valence-corrected chi connectivity index (χ0v) is 9.64. The number of benzene rings is 1. The fraction of sp³-hybridized carbons (Fsp3) is 0.250. The minimum absolute atomic E-state index is 0.0653. The number of rotatable bonds is 2. The van der Waals surface area contributed by atoms with E-state index in [1.165, 1.54) is 19.1 Å². The molecule has 1 rings (SSSR count). The summed E-state index contributed by atoms with van der Waals surface area (Å²) in [6.45, 7) is 1.99. The first-order chi connectivity index (χ1) is 7.59. The Bertz CT molecular complexity index is 446. The Morgan fingerprint density at radius 3 is 2.94 bits per heavy atom. The van der Waals surface area contributed by atoms with Gasteiger partial charge in [-0.3, -0.25) is 4.79 Å². The first-order valence-corrected chi connectivity index (χ1v) is 5.19. The Labute approximate surface area is 99.4 Å². The third kappa shape index (κ3) is 4.24. The molecule has 84 valence electrons. The quantitative estimate of drug-likeness (QED) is 0.610. The summed E-state index contributed by atoms with van der Waals surface area (Å²) in [5.74, 6) is 5.81. The van der Waals surface area contributed by atoms with Gasteiger partial charge in [0.2, 0.25) is 5.91 Å². The highest BCUT2D eigenvalue weighted by Gasteiger charge is 1.97. The van der Waals surface area contributed by atoms with Crippen LogP contribution in [0.5, 0.6) is 5.75 Å². The van der Waals surface area contributed by atoms with E-state index < -0.39 is 0 Å².